The summed E-state index contributed by atoms with van der Waals surface area (Å²) in [5, 5.41) is 6.77. The Morgan fingerprint density at radius 3 is 2.20 bits per heavy atom. The molecule has 8 heteroatoms. The van der Waals surface area contributed by atoms with Crippen LogP contribution in [0.3, 0.4) is 0 Å². The number of amides is 3. The van der Waals surface area contributed by atoms with Crippen LogP contribution >= 0.6 is 11.3 Å². The number of hydrogen-bond donors (Lipinski definition) is 3. The molecule has 7 nitrogen and oxygen atoms in total. The van der Waals surface area contributed by atoms with Crippen LogP contribution in [0.4, 0.5) is 0 Å². The normalized spacial score (nSPS) is 11.5. The highest BCUT2D eigenvalue weighted by molar-refractivity contribution is 7.20. The molecule has 200 valence electrons. The summed E-state index contributed by atoms with van der Waals surface area (Å²) in [6.07, 6.45) is 0. The van der Waals surface area contributed by atoms with Gasteiger partial charge in [-0.3, -0.25) is 14.4 Å². The van der Waals surface area contributed by atoms with E-state index in [2.05, 4.69) is 10.6 Å². The second kappa shape index (κ2) is 12.3. The molecule has 1 atom stereocenters. The monoisotopic (exact) mass is 549 g/mol. The molecule has 0 spiro atoms. The average molecular weight is 550 g/mol. The molecular formula is C32H27N3O4S. The zero-order valence-electron chi connectivity index (χ0n) is 21.5. The van der Waals surface area contributed by atoms with Crippen LogP contribution < -0.4 is 21.1 Å². The number of ether oxygens (including phenoxy) is 1. The average Bonchev–Trinajstić information content (AvgIpc) is 3.43. The Bertz CT molecular complexity index is 1600. The fourth-order valence-corrected chi connectivity index (χ4v) is 5.14. The summed E-state index contributed by atoms with van der Waals surface area (Å²) >= 11 is 1.37. The molecule has 0 aliphatic heterocycles. The van der Waals surface area contributed by atoms with Crippen LogP contribution in [0.2, 0.25) is 0 Å². The lowest BCUT2D eigenvalue weighted by atomic mass is 10.0. The maximum atomic E-state index is 13.4. The first kappa shape index (κ1) is 26.6. The lowest BCUT2D eigenvalue weighted by molar-refractivity contribution is -0.123. The van der Waals surface area contributed by atoms with E-state index < -0.39 is 11.9 Å². The van der Waals surface area contributed by atoms with Gasteiger partial charge in [-0.15, -0.1) is 11.3 Å². The van der Waals surface area contributed by atoms with E-state index in [0.717, 1.165) is 21.2 Å². The Kier molecular flexibility index (Phi) is 8.18. The van der Waals surface area contributed by atoms with Crippen LogP contribution in [0.1, 0.15) is 42.8 Å². The van der Waals surface area contributed by atoms with E-state index in [-0.39, 0.29) is 18.4 Å². The molecule has 0 aliphatic rings. The van der Waals surface area contributed by atoms with E-state index in [1.165, 1.54) is 11.3 Å². The zero-order chi connectivity index (χ0) is 27.9. The third-order valence-electron chi connectivity index (χ3n) is 6.35. The van der Waals surface area contributed by atoms with Crippen LogP contribution in [0, 0.1) is 0 Å². The van der Waals surface area contributed by atoms with Crippen LogP contribution in [0.5, 0.6) is 5.75 Å². The number of rotatable bonds is 10. The quantitative estimate of drug-likeness (QED) is 0.218. The Morgan fingerprint density at radius 1 is 0.800 bits per heavy atom. The van der Waals surface area contributed by atoms with Gasteiger partial charge >= 0.3 is 0 Å². The molecule has 1 aromatic heterocycles. The molecule has 0 saturated heterocycles. The van der Waals surface area contributed by atoms with E-state index in [1.54, 1.807) is 48.5 Å². The predicted octanol–water partition coefficient (Wildman–Crippen LogP) is 5.37. The largest absolute Gasteiger partial charge is 0.489 e. The minimum absolute atomic E-state index is 0.214. The van der Waals surface area contributed by atoms with Crippen LogP contribution in [0.15, 0.2) is 109 Å². The van der Waals surface area contributed by atoms with Gasteiger partial charge in [0.15, 0.2) is 0 Å². The highest BCUT2D eigenvalue weighted by Gasteiger charge is 2.24. The molecule has 5 aromatic rings. The summed E-state index contributed by atoms with van der Waals surface area (Å²) in [4.78, 5) is 38.5. The molecule has 0 saturated carbocycles. The van der Waals surface area contributed by atoms with Gasteiger partial charge in [0, 0.05) is 16.8 Å². The number of hydrogen-bond acceptors (Lipinski definition) is 5. The summed E-state index contributed by atoms with van der Waals surface area (Å²) < 4.78 is 6.88. The molecule has 4 N–H and O–H groups in total. The number of carbonyl (C=O) groups excluding carboxylic acids is 3. The smallest absolute Gasteiger partial charge is 0.262 e. The van der Waals surface area contributed by atoms with Gasteiger partial charge in [0.1, 0.15) is 18.4 Å². The second-order valence-electron chi connectivity index (χ2n) is 9.18. The molecular weight excluding hydrogens is 522 g/mol. The molecule has 3 amide bonds. The maximum absolute atomic E-state index is 13.4. The van der Waals surface area contributed by atoms with Crippen molar-refractivity contribution >= 4 is 39.1 Å². The zero-order valence-corrected chi connectivity index (χ0v) is 22.3. The summed E-state index contributed by atoms with van der Waals surface area (Å²) in [6.45, 7) is 0.632. The van der Waals surface area contributed by atoms with Gasteiger partial charge in [-0.2, -0.15) is 0 Å². The lowest BCUT2D eigenvalue weighted by Gasteiger charge is -2.19. The van der Waals surface area contributed by atoms with Crippen molar-refractivity contribution < 1.29 is 19.1 Å². The number of thiophene rings is 1. The number of benzene rings is 4. The van der Waals surface area contributed by atoms with E-state index in [0.29, 0.717) is 28.4 Å². The number of primary amides is 1. The number of carbonyl (C=O) groups is 3. The molecule has 40 heavy (non-hydrogen) atoms. The van der Waals surface area contributed by atoms with Gasteiger partial charge in [-0.1, -0.05) is 72.8 Å². The second-order valence-corrected chi connectivity index (χ2v) is 10.3. The molecule has 0 aliphatic carbocycles. The van der Waals surface area contributed by atoms with Crippen molar-refractivity contribution in [3.63, 3.8) is 0 Å². The summed E-state index contributed by atoms with van der Waals surface area (Å²) in [5.74, 6) is -0.573. The van der Waals surface area contributed by atoms with E-state index in [9.17, 15) is 14.4 Å². The summed E-state index contributed by atoms with van der Waals surface area (Å²) in [7, 11) is 0. The summed E-state index contributed by atoms with van der Waals surface area (Å²) in [5.41, 5.74) is 8.15. The molecule has 4 aromatic carbocycles. The van der Waals surface area contributed by atoms with Crippen molar-refractivity contribution in [1.29, 1.82) is 0 Å². The first-order valence-electron chi connectivity index (χ1n) is 12.7. The van der Waals surface area contributed by atoms with E-state index >= 15 is 0 Å². The van der Waals surface area contributed by atoms with Crippen molar-refractivity contribution in [3.05, 3.63) is 136 Å². The summed E-state index contributed by atoms with van der Waals surface area (Å²) in [6, 6.07) is 32.3. The van der Waals surface area contributed by atoms with Crippen molar-refractivity contribution in [1.82, 2.24) is 10.6 Å². The highest BCUT2D eigenvalue weighted by Crippen LogP contribution is 2.26. The Balaban J connectivity index is 1.32. The first-order valence-corrected chi connectivity index (χ1v) is 13.5. The van der Waals surface area contributed by atoms with Gasteiger partial charge < -0.3 is 21.1 Å². The molecule has 0 radical (unpaired) electrons. The third kappa shape index (κ3) is 6.54. The van der Waals surface area contributed by atoms with Crippen LogP contribution in [0.25, 0.3) is 10.1 Å². The molecule has 0 bridgehead atoms. The molecule has 1 heterocycles. The van der Waals surface area contributed by atoms with E-state index in [1.807, 2.05) is 60.7 Å². The lowest BCUT2D eigenvalue weighted by Crippen LogP contribution is -2.40. The minimum Gasteiger partial charge on any atom is -0.489 e. The first-order chi connectivity index (χ1) is 19.5. The maximum Gasteiger partial charge on any atom is 0.262 e. The molecule has 0 unspecified atom stereocenters. The van der Waals surface area contributed by atoms with Crippen molar-refractivity contribution in [2.75, 3.05) is 0 Å². The molecule has 5 rings (SSSR count). The number of nitrogens with two attached hydrogens (primary N) is 1. The standard InChI is InChI=1S/C32H27N3O4S/c33-30(36)24-12-10-21(11-13-24)19-34-32(38)29(35-31(37)28-18-25-8-4-5-9-27(25)40-28)23-14-16-26(17-15-23)39-20-22-6-2-1-3-7-22/h1-18,29H,19-20H2,(H2,33,36)(H,34,38)(H,35,37)/t29-/m0/s1. The van der Waals surface area contributed by atoms with Gasteiger partial charge in [0.25, 0.3) is 5.91 Å². The Morgan fingerprint density at radius 2 is 1.50 bits per heavy atom. The fourth-order valence-electron chi connectivity index (χ4n) is 4.17. The Hall–Kier alpha value is -4.95. The van der Waals surface area contributed by atoms with Crippen molar-refractivity contribution in [3.8, 4) is 5.75 Å². The number of nitrogens with one attached hydrogen (secondary N) is 2. The topological polar surface area (TPSA) is 111 Å². The fraction of sp³-hybridized carbons (Fsp3) is 0.0938. The predicted molar refractivity (Wildman–Crippen MR) is 156 cm³/mol. The third-order valence-corrected chi connectivity index (χ3v) is 7.47. The van der Waals surface area contributed by atoms with E-state index in [4.69, 9.17) is 10.5 Å². The minimum atomic E-state index is -0.939. The number of fused-ring (bicyclic) bond motifs is 1. The van der Waals surface area contributed by atoms with Gasteiger partial charge in [0.2, 0.25) is 11.8 Å². The SMILES string of the molecule is NC(=O)c1ccc(CNC(=O)[C@@H](NC(=O)c2cc3ccccc3s2)c2ccc(OCc3ccccc3)cc2)cc1. The van der Waals surface area contributed by atoms with Crippen molar-refractivity contribution in [2.45, 2.75) is 19.2 Å². The van der Waals surface area contributed by atoms with Crippen molar-refractivity contribution in [2.24, 2.45) is 5.73 Å². The van der Waals surface area contributed by atoms with Gasteiger partial charge in [-0.05, 0) is 58.5 Å². The van der Waals surface area contributed by atoms with Gasteiger partial charge in [-0.25, -0.2) is 0 Å². The Labute approximate surface area is 235 Å². The van der Waals surface area contributed by atoms with Crippen LogP contribution in [-0.4, -0.2) is 17.7 Å². The molecule has 0 fully saturated rings. The van der Waals surface area contributed by atoms with Gasteiger partial charge in [0.05, 0.1) is 4.88 Å². The van der Waals surface area contributed by atoms with Crippen LogP contribution in [-0.2, 0) is 17.9 Å². The highest BCUT2D eigenvalue weighted by atomic mass is 32.1.